The molecule has 1 amide bonds. The van der Waals surface area contributed by atoms with Crippen molar-refractivity contribution in [2.75, 3.05) is 13.1 Å². The summed E-state index contributed by atoms with van der Waals surface area (Å²) in [5.74, 6) is 1.44. The monoisotopic (exact) mass is 282 g/mol. The van der Waals surface area contributed by atoms with Gasteiger partial charge in [0.15, 0.2) is 0 Å². The van der Waals surface area contributed by atoms with Gasteiger partial charge in [-0.3, -0.25) is 4.79 Å². The fourth-order valence-corrected chi connectivity index (χ4v) is 3.39. The summed E-state index contributed by atoms with van der Waals surface area (Å²) in [6.45, 7) is 14.8. The molecule has 0 spiro atoms. The summed E-state index contributed by atoms with van der Waals surface area (Å²) in [7, 11) is 0. The summed E-state index contributed by atoms with van der Waals surface area (Å²) >= 11 is 0. The molecule has 0 aliphatic heterocycles. The molecule has 0 aromatic rings. The molecule has 0 aromatic heterocycles. The third-order valence-corrected chi connectivity index (χ3v) is 5.72. The Bertz CT molecular complexity index is 327. The predicted octanol–water partition coefficient (Wildman–Crippen LogP) is 3.28. The van der Waals surface area contributed by atoms with Crippen LogP contribution in [0.4, 0.5) is 0 Å². The SMILES string of the molecule is CCC(C)CN(CC)C(=O)C1CCC(N)C(C)C1(C)C. The summed E-state index contributed by atoms with van der Waals surface area (Å²) < 4.78 is 0. The first-order valence-electron chi connectivity index (χ1n) is 8.29. The first-order valence-corrected chi connectivity index (χ1v) is 8.29. The van der Waals surface area contributed by atoms with Crippen molar-refractivity contribution in [3.63, 3.8) is 0 Å². The average Bonchev–Trinajstić information content (AvgIpc) is 2.41. The van der Waals surface area contributed by atoms with E-state index in [1.807, 2.05) is 0 Å². The summed E-state index contributed by atoms with van der Waals surface area (Å²) in [6, 6.07) is 0.235. The van der Waals surface area contributed by atoms with Crippen LogP contribution < -0.4 is 5.73 Å². The lowest BCUT2D eigenvalue weighted by Gasteiger charge is -2.47. The maximum Gasteiger partial charge on any atom is 0.226 e. The van der Waals surface area contributed by atoms with Gasteiger partial charge in [0.05, 0.1) is 0 Å². The molecule has 3 heteroatoms. The molecule has 0 bridgehead atoms. The Balaban J connectivity index is 2.83. The van der Waals surface area contributed by atoms with Gasteiger partial charge in [-0.25, -0.2) is 0 Å². The van der Waals surface area contributed by atoms with Crippen molar-refractivity contribution >= 4 is 5.91 Å². The van der Waals surface area contributed by atoms with Gasteiger partial charge >= 0.3 is 0 Å². The Morgan fingerprint density at radius 2 is 1.95 bits per heavy atom. The van der Waals surface area contributed by atoms with Crippen LogP contribution in [-0.2, 0) is 4.79 Å². The normalized spacial score (nSPS) is 30.9. The van der Waals surface area contributed by atoms with Gasteiger partial charge in [-0.2, -0.15) is 0 Å². The van der Waals surface area contributed by atoms with Crippen LogP contribution in [0.2, 0.25) is 0 Å². The maximum absolute atomic E-state index is 12.9. The number of rotatable bonds is 5. The Morgan fingerprint density at radius 3 is 2.45 bits per heavy atom. The van der Waals surface area contributed by atoms with E-state index >= 15 is 0 Å². The van der Waals surface area contributed by atoms with E-state index in [-0.39, 0.29) is 17.4 Å². The van der Waals surface area contributed by atoms with Crippen LogP contribution in [0.15, 0.2) is 0 Å². The molecule has 4 unspecified atom stereocenters. The minimum Gasteiger partial charge on any atom is -0.342 e. The van der Waals surface area contributed by atoms with Crippen LogP contribution in [0.1, 0.15) is 60.8 Å². The highest BCUT2D eigenvalue weighted by Crippen LogP contribution is 2.45. The molecular weight excluding hydrogens is 248 g/mol. The van der Waals surface area contributed by atoms with Crippen molar-refractivity contribution in [3.8, 4) is 0 Å². The molecule has 4 atom stereocenters. The highest BCUT2D eigenvalue weighted by molar-refractivity contribution is 5.79. The van der Waals surface area contributed by atoms with E-state index in [0.29, 0.717) is 17.7 Å². The van der Waals surface area contributed by atoms with Gasteiger partial charge < -0.3 is 10.6 Å². The minimum atomic E-state index is -0.00236. The molecule has 1 rings (SSSR count). The Hall–Kier alpha value is -0.570. The Kier molecular flexibility index (Phi) is 6.06. The second kappa shape index (κ2) is 6.93. The van der Waals surface area contributed by atoms with Crippen molar-refractivity contribution in [1.29, 1.82) is 0 Å². The number of carbonyl (C=O) groups is 1. The Labute approximate surface area is 125 Å². The number of carbonyl (C=O) groups excluding carboxylic acids is 1. The lowest BCUT2D eigenvalue weighted by molar-refractivity contribution is -0.143. The molecule has 1 aliphatic rings. The van der Waals surface area contributed by atoms with Gasteiger partial charge in [0.1, 0.15) is 0 Å². The van der Waals surface area contributed by atoms with Crippen molar-refractivity contribution < 1.29 is 4.79 Å². The zero-order valence-electron chi connectivity index (χ0n) is 14.3. The van der Waals surface area contributed by atoms with Gasteiger partial charge in [0.2, 0.25) is 5.91 Å². The van der Waals surface area contributed by atoms with Gasteiger partial charge in [-0.15, -0.1) is 0 Å². The molecule has 118 valence electrons. The number of hydrogen-bond donors (Lipinski definition) is 1. The molecule has 1 aliphatic carbocycles. The molecule has 3 nitrogen and oxygen atoms in total. The molecule has 20 heavy (non-hydrogen) atoms. The van der Waals surface area contributed by atoms with Crippen LogP contribution in [0.3, 0.4) is 0 Å². The lowest BCUT2D eigenvalue weighted by atomic mass is 9.60. The smallest absolute Gasteiger partial charge is 0.226 e. The third-order valence-electron chi connectivity index (χ3n) is 5.72. The van der Waals surface area contributed by atoms with Crippen LogP contribution in [0, 0.1) is 23.2 Å². The molecule has 1 fully saturated rings. The van der Waals surface area contributed by atoms with Gasteiger partial charge in [0.25, 0.3) is 0 Å². The molecule has 0 saturated heterocycles. The predicted molar refractivity (Wildman–Crippen MR) is 85.4 cm³/mol. The van der Waals surface area contributed by atoms with Crippen molar-refractivity contribution in [3.05, 3.63) is 0 Å². The quantitative estimate of drug-likeness (QED) is 0.841. The van der Waals surface area contributed by atoms with E-state index in [1.165, 1.54) is 0 Å². The summed E-state index contributed by atoms with van der Waals surface area (Å²) in [5.41, 5.74) is 6.20. The maximum atomic E-state index is 12.9. The topological polar surface area (TPSA) is 46.3 Å². The van der Waals surface area contributed by atoms with Crippen LogP contribution >= 0.6 is 0 Å². The second-order valence-corrected chi connectivity index (χ2v) is 7.29. The van der Waals surface area contributed by atoms with E-state index in [4.69, 9.17) is 5.73 Å². The highest BCUT2D eigenvalue weighted by Gasteiger charge is 2.46. The zero-order valence-corrected chi connectivity index (χ0v) is 14.3. The minimum absolute atomic E-state index is 0.00236. The van der Waals surface area contributed by atoms with E-state index in [0.717, 1.165) is 32.4 Å². The van der Waals surface area contributed by atoms with Crippen molar-refractivity contribution in [2.45, 2.75) is 66.8 Å². The first-order chi connectivity index (χ1) is 9.25. The number of nitrogens with zero attached hydrogens (tertiary/aromatic N) is 1. The van der Waals surface area contributed by atoms with Crippen molar-refractivity contribution in [1.82, 2.24) is 4.90 Å². The zero-order chi connectivity index (χ0) is 15.5. The third kappa shape index (κ3) is 3.55. The van der Waals surface area contributed by atoms with E-state index in [1.54, 1.807) is 0 Å². The van der Waals surface area contributed by atoms with Gasteiger partial charge in [-0.05, 0) is 37.0 Å². The summed E-state index contributed by atoms with van der Waals surface area (Å²) in [5, 5.41) is 0. The number of hydrogen-bond acceptors (Lipinski definition) is 2. The first kappa shape index (κ1) is 17.5. The standard InChI is InChI=1S/C17H34N2O/c1-7-12(3)11-19(8-2)16(20)14-9-10-15(18)13(4)17(14,5)6/h12-15H,7-11,18H2,1-6H3. The van der Waals surface area contributed by atoms with E-state index in [2.05, 4.69) is 46.4 Å². The average molecular weight is 282 g/mol. The molecule has 0 heterocycles. The van der Waals surface area contributed by atoms with Crippen LogP contribution in [-0.4, -0.2) is 29.9 Å². The highest BCUT2D eigenvalue weighted by atomic mass is 16.2. The largest absolute Gasteiger partial charge is 0.342 e. The molecular formula is C17H34N2O. The Morgan fingerprint density at radius 1 is 1.35 bits per heavy atom. The molecule has 0 aromatic carbocycles. The second-order valence-electron chi connectivity index (χ2n) is 7.29. The lowest BCUT2D eigenvalue weighted by Crippen LogP contribution is -2.52. The van der Waals surface area contributed by atoms with Gasteiger partial charge in [-0.1, -0.05) is 41.0 Å². The molecule has 2 N–H and O–H groups in total. The number of nitrogens with two attached hydrogens (primary N) is 1. The fourth-order valence-electron chi connectivity index (χ4n) is 3.39. The molecule has 1 saturated carbocycles. The van der Waals surface area contributed by atoms with E-state index in [9.17, 15) is 4.79 Å². The van der Waals surface area contributed by atoms with Crippen molar-refractivity contribution in [2.24, 2.45) is 28.9 Å². The summed E-state index contributed by atoms with van der Waals surface area (Å²) in [4.78, 5) is 15.0. The van der Waals surface area contributed by atoms with Crippen LogP contribution in [0.25, 0.3) is 0 Å². The van der Waals surface area contributed by atoms with Gasteiger partial charge in [0, 0.05) is 25.0 Å². The molecule has 0 radical (unpaired) electrons. The number of amides is 1. The van der Waals surface area contributed by atoms with E-state index < -0.39 is 0 Å². The van der Waals surface area contributed by atoms with Crippen LogP contribution in [0.5, 0.6) is 0 Å². The fraction of sp³-hybridized carbons (Fsp3) is 0.941. The summed E-state index contributed by atoms with van der Waals surface area (Å²) in [6.07, 6.45) is 3.04.